The zero-order valence-electron chi connectivity index (χ0n) is 25.0. The summed E-state index contributed by atoms with van der Waals surface area (Å²) in [6.07, 6.45) is 0. The number of anilines is 2. The number of benzene rings is 3. The van der Waals surface area contributed by atoms with Crippen molar-refractivity contribution in [1.29, 1.82) is 10.5 Å². The SMILES string of the molecule is CCOCCOCCOc1c(C#N)c(C#N)c(OCCOCCOCC)c(Sc2ccccc2N)c1Sc1ccc(N)cc1. The lowest BCUT2D eigenvalue weighted by atomic mass is 10.1. The molecule has 44 heavy (non-hydrogen) atoms. The number of nitrogen functional groups attached to an aromatic ring is 2. The number of nitrogens with two attached hydrogens (primary N) is 2. The van der Waals surface area contributed by atoms with Crippen molar-refractivity contribution in [3.8, 4) is 23.6 Å². The Morgan fingerprint density at radius 1 is 0.614 bits per heavy atom. The lowest BCUT2D eigenvalue weighted by molar-refractivity contribution is 0.0393. The molecule has 0 aliphatic rings. The number of nitriles is 2. The number of nitrogens with zero attached hydrogens (tertiary/aromatic N) is 2. The van der Waals surface area contributed by atoms with E-state index in [1.165, 1.54) is 23.5 Å². The quantitative estimate of drug-likeness (QED) is 0.114. The molecular formula is C32H38N4O6S2. The molecule has 12 heteroatoms. The van der Waals surface area contributed by atoms with Gasteiger partial charge < -0.3 is 39.9 Å². The molecule has 0 fully saturated rings. The van der Waals surface area contributed by atoms with Crippen LogP contribution in [0.3, 0.4) is 0 Å². The normalized spacial score (nSPS) is 10.7. The summed E-state index contributed by atoms with van der Waals surface area (Å²) in [6, 6.07) is 19.1. The van der Waals surface area contributed by atoms with Crippen molar-refractivity contribution in [1.82, 2.24) is 0 Å². The van der Waals surface area contributed by atoms with E-state index in [0.717, 1.165) is 9.79 Å². The molecule has 0 radical (unpaired) electrons. The maximum absolute atomic E-state index is 10.3. The Morgan fingerprint density at radius 2 is 1.09 bits per heavy atom. The monoisotopic (exact) mass is 638 g/mol. The zero-order chi connectivity index (χ0) is 31.6. The molecule has 10 nitrogen and oxygen atoms in total. The van der Waals surface area contributed by atoms with Gasteiger partial charge in [0.05, 0.1) is 49.4 Å². The van der Waals surface area contributed by atoms with Crippen molar-refractivity contribution in [2.45, 2.75) is 33.4 Å². The molecule has 0 saturated carbocycles. The first kappa shape index (κ1) is 34.9. The van der Waals surface area contributed by atoms with Gasteiger partial charge in [-0.25, -0.2) is 0 Å². The summed E-state index contributed by atoms with van der Waals surface area (Å²) in [5, 5.41) is 20.6. The molecule has 3 aromatic carbocycles. The van der Waals surface area contributed by atoms with E-state index < -0.39 is 0 Å². The van der Waals surface area contributed by atoms with Crippen LogP contribution in [0.4, 0.5) is 11.4 Å². The smallest absolute Gasteiger partial charge is 0.153 e. The van der Waals surface area contributed by atoms with Crippen molar-refractivity contribution in [2.75, 3.05) is 77.5 Å². The Hall–Kier alpha value is -3.62. The molecule has 0 aromatic heterocycles. The molecule has 0 bridgehead atoms. The van der Waals surface area contributed by atoms with Gasteiger partial charge in [-0.2, -0.15) is 10.5 Å². The van der Waals surface area contributed by atoms with Crippen LogP contribution < -0.4 is 20.9 Å². The number of rotatable bonds is 20. The second kappa shape index (κ2) is 19.6. The number of para-hydroxylation sites is 1. The highest BCUT2D eigenvalue weighted by Gasteiger charge is 2.29. The van der Waals surface area contributed by atoms with Crippen LogP contribution in [-0.4, -0.2) is 66.1 Å². The molecule has 0 amide bonds. The van der Waals surface area contributed by atoms with E-state index in [0.29, 0.717) is 60.8 Å². The third kappa shape index (κ3) is 10.5. The Bertz CT molecular complexity index is 1410. The zero-order valence-corrected chi connectivity index (χ0v) is 26.6. The van der Waals surface area contributed by atoms with Crippen molar-refractivity contribution in [3.63, 3.8) is 0 Å². The highest BCUT2D eigenvalue weighted by molar-refractivity contribution is 8.02. The maximum Gasteiger partial charge on any atom is 0.153 e. The fraction of sp³-hybridized carbons (Fsp3) is 0.375. The van der Waals surface area contributed by atoms with Crippen LogP contribution in [-0.2, 0) is 18.9 Å². The standard InChI is InChI=1S/C32H38N4O6S2/c1-3-37-13-15-39-17-19-41-29-25(21-33)26(22-34)30(42-20-18-40-16-14-38-4-2)32(44-28-8-6-5-7-27(28)36)31(29)43-24-11-9-23(35)10-12-24/h5-12H,3-4,13-20,35-36H2,1-2H3. The van der Waals surface area contributed by atoms with Crippen molar-refractivity contribution < 1.29 is 28.4 Å². The van der Waals surface area contributed by atoms with Gasteiger partial charge in [-0.3, -0.25) is 0 Å². The molecule has 0 spiro atoms. The van der Waals surface area contributed by atoms with E-state index in [9.17, 15) is 10.5 Å². The lowest BCUT2D eigenvalue weighted by Crippen LogP contribution is -2.14. The molecule has 0 saturated heterocycles. The van der Waals surface area contributed by atoms with Gasteiger partial charge in [-0.05, 0) is 50.2 Å². The second-order valence-corrected chi connectivity index (χ2v) is 11.1. The minimum Gasteiger partial charge on any atom is -0.489 e. The van der Waals surface area contributed by atoms with Gasteiger partial charge in [-0.1, -0.05) is 35.7 Å². The number of hydrogen-bond donors (Lipinski definition) is 2. The average Bonchev–Trinajstić information content (AvgIpc) is 3.03. The molecule has 0 aliphatic carbocycles. The molecule has 3 aromatic rings. The summed E-state index contributed by atoms with van der Waals surface area (Å²) in [5.41, 5.74) is 13.6. The van der Waals surface area contributed by atoms with E-state index >= 15 is 0 Å². The highest BCUT2D eigenvalue weighted by atomic mass is 32.2. The van der Waals surface area contributed by atoms with Gasteiger partial charge in [-0.15, -0.1) is 0 Å². The summed E-state index contributed by atoms with van der Waals surface area (Å²) in [5.74, 6) is 0.514. The summed E-state index contributed by atoms with van der Waals surface area (Å²) < 4.78 is 34.4. The summed E-state index contributed by atoms with van der Waals surface area (Å²) in [6.45, 7) is 7.61. The molecule has 0 heterocycles. The van der Waals surface area contributed by atoms with Gasteiger partial charge in [0, 0.05) is 34.4 Å². The molecule has 234 valence electrons. The second-order valence-electron chi connectivity index (χ2n) is 8.92. The Kier molecular flexibility index (Phi) is 15.5. The third-order valence-corrected chi connectivity index (χ3v) is 8.29. The molecule has 0 aliphatic heterocycles. The summed E-state index contributed by atoms with van der Waals surface area (Å²) in [7, 11) is 0. The predicted molar refractivity (Wildman–Crippen MR) is 171 cm³/mol. The largest absolute Gasteiger partial charge is 0.489 e. The lowest BCUT2D eigenvalue weighted by Gasteiger charge is -2.22. The van der Waals surface area contributed by atoms with Gasteiger partial charge in [0.25, 0.3) is 0 Å². The van der Waals surface area contributed by atoms with Gasteiger partial charge in [0.1, 0.15) is 36.5 Å². The minimum atomic E-state index is 0.0627. The molecule has 0 unspecified atom stereocenters. The van der Waals surface area contributed by atoms with Gasteiger partial charge >= 0.3 is 0 Å². The third-order valence-electron chi connectivity index (χ3n) is 5.88. The summed E-state index contributed by atoms with van der Waals surface area (Å²) in [4.78, 5) is 2.78. The van der Waals surface area contributed by atoms with Crippen LogP contribution in [0.15, 0.2) is 68.1 Å². The predicted octanol–water partition coefficient (Wildman–Crippen LogP) is 5.76. The van der Waals surface area contributed by atoms with E-state index in [2.05, 4.69) is 12.1 Å². The minimum absolute atomic E-state index is 0.0627. The summed E-state index contributed by atoms with van der Waals surface area (Å²) >= 11 is 2.71. The van der Waals surface area contributed by atoms with Crippen LogP contribution in [0.5, 0.6) is 11.5 Å². The first-order chi connectivity index (χ1) is 21.5. The van der Waals surface area contributed by atoms with Gasteiger partial charge in [0.2, 0.25) is 0 Å². The van der Waals surface area contributed by atoms with Crippen LogP contribution in [0.1, 0.15) is 25.0 Å². The maximum atomic E-state index is 10.3. The Labute approximate surface area is 267 Å². The van der Waals surface area contributed by atoms with Crippen molar-refractivity contribution >= 4 is 34.9 Å². The average molecular weight is 639 g/mol. The number of ether oxygens (including phenoxy) is 6. The topological polar surface area (TPSA) is 155 Å². The molecular weight excluding hydrogens is 601 g/mol. The van der Waals surface area contributed by atoms with Crippen LogP contribution in [0, 0.1) is 22.7 Å². The fourth-order valence-corrected chi connectivity index (χ4v) is 5.99. The van der Waals surface area contributed by atoms with Crippen LogP contribution in [0.25, 0.3) is 0 Å². The molecule has 4 N–H and O–H groups in total. The van der Waals surface area contributed by atoms with Crippen LogP contribution in [0.2, 0.25) is 0 Å². The first-order valence-corrected chi connectivity index (χ1v) is 15.8. The highest BCUT2D eigenvalue weighted by Crippen LogP contribution is 2.52. The van der Waals surface area contributed by atoms with Crippen molar-refractivity contribution in [3.05, 3.63) is 59.7 Å². The molecule has 3 rings (SSSR count). The van der Waals surface area contributed by atoms with Crippen molar-refractivity contribution in [2.24, 2.45) is 0 Å². The first-order valence-electron chi connectivity index (χ1n) is 14.2. The van der Waals surface area contributed by atoms with E-state index in [-0.39, 0.29) is 49.1 Å². The fourth-order valence-electron chi connectivity index (χ4n) is 3.81. The Balaban J connectivity index is 2.08. The van der Waals surface area contributed by atoms with Gasteiger partial charge in [0.15, 0.2) is 11.5 Å². The van der Waals surface area contributed by atoms with E-state index in [1.807, 2.05) is 44.2 Å². The molecule has 0 atom stereocenters. The van der Waals surface area contributed by atoms with E-state index in [1.54, 1.807) is 18.2 Å². The van der Waals surface area contributed by atoms with E-state index in [4.69, 9.17) is 39.9 Å². The Morgan fingerprint density at radius 3 is 1.59 bits per heavy atom. The number of hydrogen-bond acceptors (Lipinski definition) is 12. The van der Waals surface area contributed by atoms with Crippen LogP contribution >= 0.6 is 23.5 Å².